The fraction of sp³-hybridized carbons (Fsp3) is 0.125. The molecule has 4 rings (SSSR count). The standard InChI is InChI=1S/C24H23N5O3S/c1-33-18-10-7-16(8-11-18)23(31)28-21(15-5-3-2-4-6-15)22(30)24(32)29(25)17-9-12-19-20(13-17)27-14-26-19/h2-14,21-22,30H,25H2,1H3,(H,26,27)(H,28,31). The number of nitrogens with zero attached hydrogens (tertiary/aromatic N) is 2. The molecule has 0 aliphatic heterocycles. The van der Waals surface area contributed by atoms with Gasteiger partial charge in [-0.3, -0.25) is 9.59 Å². The molecule has 2 unspecified atom stereocenters. The second kappa shape index (κ2) is 9.86. The van der Waals surface area contributed by atoms with Gasteiger partial charge in [0.25, 0.3) is 11.8 Å². The summed E-state index contributed by atoms with van der Waals surface area (Å²) in [5.41, 5.74) is 2.79. The highest BCUT2D eigenvalue weighted by Gasteiger charge is 2.32. The van der Waals surface area contributed by atoms with E-state index in [1.807, 2.05) is 24.5 Å². The number of aliphatic hydroxyl groups excluding tert-OH is 1. The van der Waals surface area contributed by atoms with Crippen LogP contribution in [-0.2, 0) is 4.79 Å². The number of aliphatic hydroxyl groups is 1. The number of thioether (sulfide) groups is 1. The van der Waals surface area contributed by atoms with Crippen LogP contribution in [0.4, 0.5) is 5.69 Å². The predicted octanol–water partition coefficient (Wildman–Crippen LogP) is 3.02. The van der Waals surface area contributed by atoms with E-state index in [4.69, 9.17) is 5.84 Å². The quantitative estimate of drug-likeness (QED) is 0.145. The fourth-order valence-electron chi connectivity index (χ4n) is 3.46. The lowest BCUT2D eigenvalue weighted by Gasteiger charge is -2.27. The van der Waals surface area contributed by atoms with E-state index in [0.717, 1.165) is 15.4 Å². The molecule has 0 radical (unpaired) electrons. The zero-order valence-corrected chi connectivity index (χ0v) is 18.6. The van der Waals surface area contributed by atoms with Gasteiger partial charge in [-0.15, -0.1) is 11.8 Å². The molecule has 3 aromatic carbocycles. The number of hydrazine groups is 1. The van der Waals surface area contributed by atoms with Crippen molar-refractivity contribution < 1.29 is 14.7 Å². The van der Waals surface area contributed by atoms with E-state index >= 15 is 0 Å². The van der Waals surface area contributed by atoms with E-state index in [2.05, 4.69) is 15.3 Å². The van der Waals surface area contributed by atoms with Crippen molar-refractivity contribution in [2.24, 2.45) is 5.84 Å². The summed E-state index contributed by atoms with van der Waals surface area (Å²) in [5.74, 6) is 4.89. The maximum Gasteiger partial charge on any atom is 0.272 e. The topological polar surface area (TPSA) is 124 Å². The molecule has 0 aliphatic carbocycles. The Morgan fingerprint density at radius 1 is 1.09 bits per heavy atom. The number of hydrogen-bond acceptors (Lipinski definition) is 6. The van der Waals surface area contributed by atoms with Gasteiger partial charge in [-0.1, -0.05) is 30.3 Å². The van der Waals surface area contributed by atoms with Crippen LogP contribution in [0.1, 0.15) is 22.0 Å². The van der Waals surface area contributed by atoms with Crippen molar-refractivity contribution in [2.45, 2.75) is 17.0 Å². The number of aromatic nitrogens is 2. The molecule has 4 aromatic rings. The van der Waals surface area contributed by atoms with E-state index in [1.54, 1.807) is 72.7 Å². The maximum absolute atomic E-state index is 13.1. The highest BCUT2D eigenvalue weighted by molar-refractivity contribution is 7.98. The van der Waals surface area contributed by atoms with Gasteiger partial charge in [0.2, 0.25) is 0 Å². The number of carbonyl (C=O) groups excluding carboxylic acids is 2. The lowest BCUT2D eigenvalue weighted by molar-refractivity contribution is -0.128. The first kappa shape index (κ1) is 22.5. The lowest BCUT2D eigenvalue weighted by atomic mass is 9.99. The summed E-state index contributed by atoms with van der Waals surface area (Å²) in [6, 6.07) is 19.9. The van der Waals surface area contributed by atoms with Gasteiger partial charge >= 0.3 is 0 Å². The average Bonchev–Trinajstić information content (AvgIpc) is 3.34. The predicted molar refractivity (Wildman–Crippen MR) is 129 cm³/mol. The van der Waals surface area contributed by atoms with Crippen molar-refractivity contribution in [3.8, 4) is 0 Å². The minimum absolute atomic E-state index is 0.376. The Morgan fingerprint density at radius 2 is 1.82 bits per heavy atom. The van der Waals surface area contributed by atoms with Crippen LogP contribution in [0.5, 0.6) is 0 Å². The van der Waals surface area contributed by atoms with Crippen molar-refractivity contribution in [1.29, 1.82) is 0 Å². The normalized spacial score (nSPS) is 12.8. The van der Waals surface area contributed by atoms with Crippen LogP contribution in [0, 0.1) is 0 Å². The second-order valence-electron chi connectivity index (χ2n) is 7.35. The largest absolute Gasteiger partial charge is 0.381 e. The minimum atomic E-state index is -1.62. The fourth-order valence-corrected chi connectivity index (χ4v) is 3.87. The molecular formula is C24H23N5O3S. The number of amides is 2. The second-order valence-corrected chi connectivity index (χ2v) is 8.23. The third-order valence-corrected chi connectivity index (χ3v) is 6.03. The molecular weight excluding hydrogens is 438 g/mol. The van der Waals surface area contributed by atoms with Crippen LogP contribution in [0.15, 0.2) is 84.0 Å². The molecule has 2 atom stereocenters. The number of anilines is 1. The van der Waals surface area contributed by atoms with Gasteiger partial charge in [-0.25, -0.2) is 15.8 Å². The van der Waals surface area contributed by atoms with Crippen molar-refractivity contribution in [3.05, 3.63) is 90.3 Å². The Balaban J connectivity index is 1.58. The number of nitrogens with one attached hydrogen (secondary N) is 2. The van der Waals surface area contributed by atoms with Gasteiger partial charge in [-0.2, -0.15) is 0 Å². The molecule has 0 bridgehead atoms. The van der Waals surface area contributed by atoms with E-state index in [0.29, 0.717) is 22.3 Å². The summed E-state index contributed by atoms with van der Waals surface area (Å²) < 4.78 is 0. The number of imidazole rings is 1. The number of benzene rings is 3. The zero-order valence-electron chi connectivity index (χ0n) is 17.8. The highest BCUT2D eigenvalue weighted by Crippen LogP contribution is 2.23. The first-order valence-electron chi connectivity index (χ1n) is 10.2. The van der Waals surface area contributed by atoms with E-state index in [-0.39, 0.29) is 0 Å². The van der Waals surface area contributed by atoms with Gasteiger partial charge < -0.3 is 15.4 Å². The first-order chi connectivity index (χ1) is 16.0. The monoisotopic (exact) mass is 461 g/mol. The minimum Gasteiger partial charge on any atom is -0.381 e. The average molecular weight is 462 g/mol. The molecule has 0 fully saturated rings. The Kier molecular flexibility index (Phi) is 6.74. The van der Waals surface area contributed by atoms with Crippen molar-refractivity contribution in [2.75, 3.05) is 11.3 Å². The van der Waals surface area contributed by atoms with Crippen molar-refractivity contribution in [1.82, 2.24) is 15.3 Å². The van der Waals surface area contributed by atoms with Crippen molar-refractivity contribution in [3.63, 3.8) is 0 Å². The summed E-state index contributed by atoms with van der Waals surface area (Å²) in [7, 11) is 0. The van der Waals surface area contributed by atoms with Crippen LogP contribution in [0.2, 0.25) is 0 Å². The molecule has 0 aliphatic rings. The zero-order chi connectivity index (χ0) is 23.4. The molecule has 9 heteroatoms. The van der Waals surface area contributed by atoms with Gasteiger partial charge in [0.05, 0.1) is 29.1 Å². The van der Waals surface area contributed by atoms with Crippen LogP contribution < -0.4 is 16.2 Å². The number of aromatic amines is 1. The van der Waals surface area contributed by atoms with E-state index in [9.17, 15) is 14.7 Å². The summed E-state index contributed by atoms with van der Waals surface area (Å²) in [4.78, 5) is 34.1. The molecule has 1 heterocycles. The molecule has 0 spiro atoms. The van der Waals surface area contributed by atoms with E-state index in [1.165, 1.54) is 0 Å². The molecule has 0 saturated carbocycles. The van der Waals surface area contributed by atoms with E-state index < -0.39 is 24.0 Å². The number of hydrogen-bond donors (Lipinski definition) is 4. The first-order valence-corrected chi connectivity index (χ1v) is 11.4. The SMILES string of the molecule is CSc1ccc(C(=O)NC(c2ccccc2)C(O)C(=O)N(N)c2ccc3nc[nH]c3c2)cc1. The number of nitrogens with two attached hydrogens (primary N) is 1. The third-order valence-electron chi connectivity index (χ3n) is 5.29. The van der Waals surface area contributed by atoms with Crippen LogP contribution in [-0.4, -0.2) is 39.2 Å². The molecule has 0 saturated heterocycles. The van der Waals surface area contributed by atoms with Crippen LogP contribution >= 0.6 is 11.8 Å². The number of fused-ring (bicyclic) bond motifs is 1. The summed E-state index contributed by atoms with van der Waals surface area (Å²) in [6.07, 6.45) is 1.87. The number of H-pyrrole nitrogens is 1. The molecule has 33 heavy (non-hydrogen) atoms. The van der Waals surface area contributed by atoms with Gasteiger partial charge in [-0.05, 0) is 54.3 Å². The summed E-state index contributed by atoms with van der Waals surface area (Å²) >= 11 is 1.57. The highest BCUT2D eigenvalue weighted by atomic mass is 32.2. The molecule has 1 aromatic heterocycles. The molecule has 5 N–H and O–H groups in total. The Bertz CT molecular complexity index is 1260. The van der Waals surface area contributed by atoms with Crippen molar-refractivity contribution >= 4 is 40.3 Å². The summed E-state index contributed by atoms with van der Waals surface area (Å²) in [6.45, 7) is 0. The van der Waals surface area contributed by atoms with Gasteiger partial charge in [0.1, 0.15) is 0 Å². The molecule has 8 nitrogen and oxygen atoms in total. The lowest BCUT2D eigenvalue weighted by Crippen LogP contribution is -2.50. The Hall–Kier alpha value is -3.66. The molecule has 2 amide bonds. The summed E-state index contributed by atoms with van der Waals surface area (Å²) in [5, 5.41) is 14.7. The van der Waals surface area contributed by atoms with Crippen LogP contribution in [0.25, 0.3) is 11.0 Å². The maximum atomic E-state index is 13.1. The Morgan fingerprint density at radius 3 is 2.52 bits per heavy atom. The Labute approximate surface area is 194 Å². The van der Waals surface area contributed by atoms with Gasteiger partial charge in [0.15, 0.2) is 6.10 Å². The number of carbonyl (C=O) groups is 2. The third kappa shape index (κ3) is 4.90. The molecule has 168 valence electrons. The number of rotatable bonds is 7. The smallest absolute Gasteiger partial charge is 0.272 e. The van der Waals surface area contributed by atoms with Crippen LogP contribution in [0.3, 0.4) is 0 Å². The van der Waals surface area contributed by atoms with Gasteiger partial charge in [0, 0.05) is 10.5 Å².